The fourth-order valence-electron chi connectivity index (χ4n) is 4.36. The van der Waals surface area contributed by atoms with Gasteiger partial charge in [0.25, 0.3) is 5.91 Å². The first-order chi connectivity index (χ1) is 17.2. The second kappa shape index (κ2) is 10.3. The van der Waals surface area contributed by atoms with E-state index in [-0.39, 0.29) is 5.91 Å². The molecule has 0 bridgehead atoms. The zero-order valence-electron chi connectivity index (χ0n) is 19.9. The number of amides is 1. The molecule has 0 saturated carbocycles. The molecular weight excluding hydrogens is 460 g/mol. The summed E-state index contributed by atoms with van der Waals surface area (Å²) in [7, 11) is 3.22. The van der Waals surface area contributed by atoms with Crippen molar-refractivity contribution in [3.8, 4) is 28.3 Å². The maximum Gasteiger partial charge on any atom is 0.275 e. The summed E-state index contributed by atoms with van der Waals surface area (Å²) < 4.78 is 12.7. The quantitative estimate of drug-likeness (QED) is 0.381. The van der Waals surface area contributed by atoms with E-state index in [0.717, 1.165) is 36.4 Å². The first-order valence-corrected chi connectivity index (χ1v) is 12.5. The van der Waals surface area contributed by atoms with E-state index in [1.54, 1.807) is 30.2 Å². The predicted molar refractivity (Wildman–Crippen MR) is 138 cm³/mol. The minimum Gasteiger partial charge on any atom is -0.493 e. The van der Waals surface area contributed by atoms with Gasteiger partial charge in [0.15, 0.2) is 17.2 Å². The molecule has 5 rings (SSSR count). The van der Waals surface area contributed by atoms with Crippen molar-refractivity contribution in [2.75, 3.05) is 40.4 Å². The molecule has 1 saturated heterocycles. The van der Waals surface area contributed by atoms with E-state index in [4.69, 9.17) is 14.6 Å². The Morgan fingerprint density at radius 2 is 1.74 bits per heavy atom. The van der Waals surface area contributed by atoms with Crippen LogP contribution in [0.25, 0.3) is 16.8 Å². The Morgan fingerprint density at radius 1 is 0.971 bits per heavy atom. The van der Waals surface area contributed by atoms with Crippen molar-refractivity contribution in [3.05, 3.63) is 82.8 Å². The van der Waals surface area contributed by atoms with E-state index in [1.807, 2.05) is 59.6 Å². The summed E-state index contributed by atoms with van der Waals surface area (Å²) in [6.45, 7) is 3.95. The van der Waals surface area contributed by atoms with Crippen LogP contribution in [0, 0.1) is 0 Å². The van der Waals surface area contributed by atoms with E-state index < -0.39 is 0 Å². The van der Waals surface area contributed by atoms with Crippen LogP contribution in [0.4, 0.5) is 0 Å². The molecule has 2 aromatic carbocycles. The van der Waals surface area contributed by atoms with Gasteiger partial charge in [0.2, 0.25) is 0 Å². The molecule has 3 heterocycles. The SMILES string of the molecule is COc1ccc(-c2cn(-c3ccccc3)nc2C(=O)N2CCN(Cc3ccsc3)CC2)cc1OC. The number of rotatable bonds is 7. The molecule has 0 atom stereocenters. The maximum absolute atomic E-state index is 13.7. The zero-order valence-corrected chi connectivity index (χ0v) is 20.7. The van der Waals surface area contributed by atoms with Gasteiger partial charge in [-0.3, -0.25) is 9.69 Å². The predicted octanol–water partition coefficient (Wildman–Crippen LogP) is 4.58. The van der Waals surface area contributed by atoms with Crippen molar-refractivity contribution in [2.45, 2.75) is 6.54 Å². The van der Waals surface area contributed by atoms with Gasteiger partial charge in [0.05, 0.1) is 19.9 Å². The van der Waals surface area contributed by atoms with Gasteiger partial charge in [-0.1, -0.05) is 24.3 Å². The molecule has 1 fully saturated rings. The average Bonchev–Trinajstić information content (AvgIpc) is 3.59. The lowest BCUT2D eigenvalue weighted by Gasteiger charge is -2.34. The molecule has 0 unspecified atom stereocenters. The Morgan fingerprint density at radius 3 is 2.43 bits per heavy atom. The van der Waals surface area contributed by atoms with Gasteiger partial charge in [-0.25, -0.2) is 4.68 Å². The van der Waals surface area contributed by atoms with Gasteiger partial charge in [-0.15, -0.1) is 0 Å². The number of carbonyl (C=O) groups is 1. The normalized spacial score (nSPS) is 14.2. The monoisotopic (exact) mass is 488 g/mol. The third-order valence-corrected chi connectivity index (χ3v) is 7.01. The number of benzene rings is 2. The second-order valence-corrected chi connectivity index (χ2v) is 9.22. The van der Waals surface area contributed by atoms with Gasteiger partial charge >= 0.3 is 0 Å². The van der Waals surface area contributed by atoms with E-state index in [0.29, 0.717) is 30.3 Å². The summed E-state index contributed by atoms with van der Waals surface area (Å²) in [5, 5.41) is 9.04. The fourth-order valence-corrected chi connectivity index (χ4v) is 5.02. The van der Waals surface area contributed by atoms with E-state index >= 15 is 0 Å². The summed E-state index contributed by atoms with van der Waals surface area (Å²) in [5.74, 6) is 1.19. The summed E-state index contributed by atoms with van der Waals surface area (Å²) in [4.78, 5) is 18.0. The molecule has 7 nitrogen and oxygen atoms in total. The number of ether oxygens (including phenoxy) is 2. The highest BCUT2D eigenvalue weighted by Gasteiger charge is 2.27. The van der Waals surface area contributed by atoms with Crippen molar-refractivity contribution >= 4 is 17.2 Å². The van der Waals surface area contributed by atoms with Crippen LogP contribution in [0.1, 0.15) is 16.1 Å². The Bertz CT molecular complexity index is 1280. The van der Waals surface area contributed by atoms with Crippen LogP contribution in [0.15, 0.2) is 71.6 Å². The highest BCUT2D eigenvalue weighted by molar-refractivity contribution is 7.07. The molecule has 1 aliphatic heterocycles. The Kier molecular flexibility index (Phi) is 6.83. The van der Waals surface area contributed by atoms with E-state index in [9.17, 15) is 4.79 Å². The lowest BCUT2D eigenvalue weighted by Crippen LogP contribution is -2.48. The third kappa shape index (κ3) is 4.94. The Labute approximate surface area is 209 Å². The summed E-state index contributed by atoms with van der Waals surface area (Å²) in [6, 6.07) is 17.7. The molecule has 4 aromatic rings. The standard InChI is InChI=1S/C27H28N4O3S/c1-33-24-9-8-21(16-25(24)34-2)23-18-31(22-6-4-3-5-7-22)28-26(23)27(32)30-13-11-29(12-14-30)17-20-10-15-35-19-20/h3-10,15-16,18-19H,11-14,17H2,1-2H3. The van der Waals surface area contributed by atoms with Crippen molar-refractivity contribution in [3.63, 3.8) is 0 Å². The van der Waals surface area contributed by atoms with Crippen LogP contribution >= 0.6 is 11.3 Å². The first kappa shape index (κ1) is 23.1. The average molecular weight is 489 g/mol. The van der Waals surface area contributed by atoms with Crippen molar-refractivity contribution in [2.24, 2.45) is 0 Å². The summed E-state index contributed by atoms with van der Waals surface area (Å²) >= 11 is 1.72. The zero-order chi connectivity index (χ0) is 24.2. The summed E-state index contributed by atoms with van der Waals surface area (Å²) in [6.07, 6.45) is 1.91. The number of piperazine rings is 1. The Balaban J connectivity index is 1.43. The number of hydrogen-bond donors (Lipinski definition) is 0. The summed E-state index contributed by atoms with van der Waals surface area (Å²) in [5.41, 5.74) is 4.28. The molecular formula is C27H28N4O3S. The van der Waals surface area contributed by atoms with Gasteiger partial charge in [-0.2, -0.15) is 16.4 Å². The highest BCUT2D eigenvalue weighted by Crippen LogP contribution is 2.34. The van der Waals surface area contributed by atoms with Crippen LogP contribution in [0.3, 0.4) is 0 Å². The maximum atomic E-state index is 13.7. The minimum absolute atomic E-state index is 0.0559. The van der Waals surface area contributed by atoms with Gasteiger partial charge < -0.3 is 14.4 Å². The third-order valence-electron chi connectivity index (χ3n) is 6.28. The number of thiophene rings is 1. The lowest BCUT2D eigenvalue weighted by atomic mass is 10.0. The van der Waals surface area contributed by atoms with E-state index in [1.165, 1.54) is 5.56 Å². The molecule has 35 heavy (non-hydrogen) atoms. The molecule has 0 N–H and O–H groups in total. The largest absolute Gasteiger partial charge is 0.493 e. The molecule has 1 aliphatic rings. The second-order valence-electron chi connectivity index (χ2n) is 8.44. The van der Waals surface area contributed by atoms with Crippen LogP contribution in [0.5, 0.6) is 11.5 Å². The van der Waals surface area contributed by atoms with Crippen LogP contribution in [0.2, 0.25) is 0 Å². The number of methoxy groups -OCH3 is 2. The van der Waals surface area contributed by atoms with Crippen molar-refractivity contribution in [1.29, 1.82) is 0 Å². The molecule has 1 amide bonds. The van der Waals surface area contributed by atoms with E-state index in [2.05, 4.69) is 21.7 Å². The molecule has 180 valence electrons. The number of para-hydroxylation sites is 1. The van der Waals surface area contributed by atoms with Gasteiger partial charge in [-0.05, 0) is 52.2 Å². The smallest absolute Gasteiger partial charge is 0.275 e. The van der Waals surface area contributed by atoms with Gasteiger partial charge in [0, 0.05) is 44.5 Å². The van der Waals surface area contributed by atoms with Crippen LogP contribution in [-0.2, 0) is 6.54 Å². The lowest BCUT2D eigenvalue weighted by molar-refractivity contribution is 0.0623. The first-order valence-electron chi connectivity index (χ1n) is 11.6. The van der Waals surface area contributed by atoms with Crippen molar-refractivity contribution in [1.82, 2.24) is 19.6 Å². The number of nitrogens with zero attached hydrogens (tertiary/aromatic N) is 4. The molecule has 0 aliphatic carbocycles. The fraction of sp³-hybridized carbons (Fsp3) is 0.259. The van der Waals surface area contributed by atoms with Crippen LogP contribution in [-0.4, -0.2) is 65.9 Å². The molecule has 8 heteroatoms. The Hall–Kier alpha value is -3.62. The van der Waals surface area contributed by atoms with Gasteiger partial charge in [0.1, 0.15) is 0 Å². The molecule has 0 spiro atoms. The molecule has 0 radical (unpaired) electrons. The highest BCUT2D eigenvalue weighted by atomic mass is 32.1. The van der Waals surface area contributed by atoms with Crippen molar-refractivity contribution < 1.29 is 14.3 Å². The number of carbonyl (C=O) groups excluding carboxylic acids is 1. The minimum atomic E-state index is -0.0559. The topological polar surface area (TPSA) is 59.8 Å². The van der Waals surface area contributed by atoms with Crippen LogP contribution < -0.4 is 9.47 Å². The number of aromatic nitrogens is 2. The number of hydrogen-bond acceptors (Lipinski definition) is 6. The molecule has 2 aromatic heterocycles.